The van der Waals surface area contributed by atoms with E-state index < -0.39 is 0 Å². The Labute approximate surface area is 190 Å². The second kappa shape index (κ2) is 10.1. The van der Waals surface area contributed by atoms with Crippen molar-refractivity contribution in [1.29, 1.82) is 0 Å². The summed E-state index contributed by atoms with van der Waals surface area (Å²) in [5.41, 5.74) is 6.13. The predicted molar refractivity (Wildman–Crippen MR) is 131 cm³/mol. The van der Waals surface area contributed by atoms with Gasteiger partial charge in [0.15, 0.2) is 5.11 Å². The van der Waals surface area contributed by atoms with Crippen molar-refractivity contribution < 1.29 is 0 Å². The second-order valence-electron chi connectivity index (χ2n) is 8.13. The summed E-state index contributed by atoms with van der Waals surface area (Å²) in [7, 11) is 0. The number of aromatic nitrogens is 2. The first kappa shape index (κ1) is 21.5. The van der Waals surface area contributed by atoms with Gasteiger partial charge in [-0.25, -0.2) is 4.68 Å². The van der Waals surface area contributed by atoms with E-state index in [0.29, 0.717) is 0 Å². The Bertz CT molecular complexity index is 992. The molecule has 2 heterocycles. The molecule has 5 nitrogen and oxygen atoms in total. The summed E-state index contributed by atoms with van der Waals surface area (Å²) < 4.78 is 2.06. The Hall–Kier alpha value is -2.70. The average Bonchev–Trinajstić information content (AvgIpc) is 3.09. The first-order valence-electron chi connectivity index (χ1n) is 11.0. The fourth-order valence-corrected chi connectivity index (χ4v) is 4.41. The lowest BCUT2D eigenvalue weighted by Crippen LogP contribution is -2.51. The molecule has 1 aliphatic heterocycles. The maximum atomic E-state index is 5.64. The molecule has 0 radical (unpaired) electrons. The predicted octanol–water partition coefficient (Wildman–Crippen LogP) is 3.72. The fraction of sp³-hybridized carbons (Fsp3) is 0.360. The monoisotopic (exact) mass is 433 g/mol. The molecule has 3 aromatic rings. The summed E-state index contributed by atoms with van der Waals surface area (Å²) in [5.74, 6) is 0. The average molecular weight is 434 g/mol. The van der Waals surface area contributed by atoms with E-state index in [-0.39, 0.29) is 0 Å². The van der Waals surface area contributed by atoms with Crippen LogP contribution in [0, 0.1) is 13.8 Å². The number of piperazine rings is 1. The van der Waals surface area contributed by atoms with Crippen molar-refractivity contribution in [2.75, 3.05) is 32.7 Å². The van der Waals surface area contributed by atoms with Gasteiger partial charge >= 0.3 is 0 Å². The molecule has 0 amide bonds. The first-order valence-corrected chi connectivity index (χ1v) is 11.4. The van der Waals surface area contributed by atoms with Gasteiger partial charge in [0.2, 0.25) is 0 Å². The van der Waals surface area contributed by atoms with Gasteiger partial charge in [-0.05, 0) is 50.2 Å². The highest BCUT2D eigenvalue weighted by Gasteiger charge is 2.21. The lowest BCUT2D eigenvalue weighted by Gasteiger charge is -2.36. The van der Waals surface area contributed by atoms with Gasteiger partial charge in [0.1, 0.15) is 0 Å². The summed E-state index contributed by atoms with van der Waals surface area (Å²) in [4.78, 5) is 4.80. The van der Waals surface area contributed by atoms with Gasteiger partial charge in [-0.2, -0.15) is 5.10 Å². The first-order chi connectivity index (χ1) is 15.1. The van der Waals surface area contributed by atoms with Gasteiger partial charge in [0.05, 0.1) is 11.4 Å². The molecule has 162 valence electrons. The molecule has 0 atom stereocenters. The standard InChI is InChI=1S/C25H31N5S/c1-20-24(21(2)30(27-20)23-11-7-4-8-12-23)19-28-15-17-29(18-16-28)25(31)26-14-13-22-9-5-3-6-10-22/h3-12H,13-19H2,1-2H3,(H,26,31). The molecule has 1 N–H and O–H groups in total. The largest absolute Gasteiger partial charge is 0.362 e. The summed E-state index contributed by atoms with van der Waals surface area (Å²) in [6.45, 7) is 10.0. The van der Waals surface area contributed by atoms with Crippen molar-refractivity contribution in [3.05, 3.63) is 83.2 Å². The quantitative estimate of drug-likeness (QED) is 0.600. The van der Waals surface area contributed by atoms with Crippen LogP contribution in [0.25, 0.3) is 5.69 Å². The number of para-hydroxylation sites is 1. The minimum absolute atomic E-state index is 0.875. The van der Waals surface area contributed by atoms with Crippen LogP contribution in [0.1, 0.15) is 22.5 Å². The van der Waals surface area contributed by atoms with E-state index in [1.54, 1.807) is 0 Å². The van der Waals surface area contributed by atoms with Gasteiger partial charge < -0.3 is 10.2 Å². The Morgan fingerprint density at radius 1 is 0.935 bits per heavy atom. The molecule has 31 heavy (non-hydrogen) atoms. The highest BCUT2D eigenvalue weighted by molar-refractivity contribution is 7.80. The smallest absolute Gasteiger partial charge is 0.169 e. The Kier molecular flexibility index (Phi) is 6.99. The summed E-state index contributed by atoms with van der Waals surface area (Å²) >= 11 is 5.64. The minimum atomic E-state index is 0.875. The van der Waals surface area contributed by atoms with E-state index in [1.807, 2.05) is 6.07 Å². The topological polar surface area (TPSA) is 36.3 Å². The van der Waals surface area contributed by atoms with Crippen molar-refractivity contribution in [1.82, 2.24) is 24.9 Å². The summed E-state index contributed by atoms with van der Waals surface area (Å²) in [6, 6.07) is 20.9. The number of rotatable bonds is 6. The van der Waals surface area contributed by atoms with Crippen LogP contribution < -0.4 is 5.32 Å². The molecule has 6 heteroatoms. The highest BCUT2D eigenvalue weighted by atomic mass is 32.1. The van der Waals surface area contributed by atoms with Crippen LogP contribution in [0.15, 0.2) is 60.7 Å². The zero-order valence-corrected chi connectivity index (χ0v) is 19.2. The molecule has 2 aromatic carbocycles. The lowest BCUT2D eigenvalue weighted by molar-refractivity contribution is 0.174. The second-order valence-corrected chi connectivity index (χ2v) is 8.51. The van der Waals surface area contributed by atoms with Crippen LogP contribution in [-0.4, -0.2) is 57.4 Å². The molecule has 0 unspecified atom stereocenters. The number of hydrogen-bond acceptors (Lipinski definition) is 3. The molecule has 0 saturated carbocycles. The number of benzene rings is 2. The van der Waals surface area contributed by atoms with Crippen LogP contribution in [0.5, 0.6) is 0 Å². The molecule has 1 saturated heterocycles. The normalized spacial score (nSPS) is 14.6. The molecule has 0 bridgehead atoms. The van der Waals surface area contributed by atoms with E-state index in [4.69, 9.17) is 17.3 Å². The number of aryl methyl sites for hydroxylation is 1. The van der Waals surface area contributed by atoms with E-state index in [2.05, 4.69) is 88.2 Å². The van der Waals surface area contributed by atoms with E-state index in [1.165, 1.54) is 16.8 Å². The van der Waals surface area contributed by atoms with Gasteiger partial charge in [0.25, 0.3) is 0 Å². The number of thiocarbonyl (C=S) groups is 1. The summed E-state index contributed by atoms with van der Waals surface area (Å²) in [6.07, 6.45) is 0.991. The van der Waals surface area contributed by atoms with E-state index in [9.17, 15) is 0 Å². The third-order valence-electron chi connectivity index (χ3n) is 6.02. The molecular weight excluding hydrogens is 402 g/mol. The van der Waals surface area contributed by atoms with Gasteiger partial charge in [-0.3, -0.25) is 4.90 Å². The maximum absolute atomic E-state index is 5.64. The van der Waals surface area contributed by atoms with Gasteiger partial charge in [-0.1, -0.05) is 48.5 Å². The molecule has 4 rings (SSSR count). The van der Waals surface area contributed by atoms with Gasteiger partial charge in [0, 0.05) is 50.5 Å². The number of hydrogen-bond donors (Lipinski definition) is 1. The van der Waals surface area contributed by atoms with Crippen molar-refractivity contribution in [3.63, 3.8) is 0 Å². The van der Waals surface area contributed by atoms with E-state index >= 15 is 0 Å². The molecule has 1 aliphatic rings. The minimum Gasteiger partial charge on any atom is -0.362 e. The van der Waals surface area contributed by atoms with Crippen LogP contribution in [0.4, 0.5) is 0 Å². The molecule has 1 fully saturated rings. The molecule has 1 aromatic heterocycles. The van der Waals surface area contributed by atoms with Crippen molar-refractivity contribution in [2.24, 2.45) is 0 Å². The van der Waals surface area contributed by atoms with Crippen molar-refractivity contribution in [3.8, 4) is 5.69 Å². The lowest BCUT2D eigenvalue weighted by atomic mass is 10.1. The summed E-state index contributed by atoms with van der Waals surface area (Å²) in [5, 5.41) is 9.10. The zero-order chi connectivity index (χ0) is 21.6. The molecular formula is C25H31N5S. The van der Waals surface area contributed by atoms with Gasteiger partial charge in [-0.15, -0.1) is 0 Å². The molecule has 0 spiro atoms. The molecule has 0 aliphatic carbocycles. The Balaban J connectivity index is 1.27. The van der Waals surface area contributed by atoms with Crippen LogP contribution in [-0.2, 0) is 13.0 Å². The Morgan fingerprint density at radius 2 is 1.58 bits per heavy atom. The van der Waals surface area contributed by atoms with Crippen molar-refractivity contribution in [2.45, 2.75) is 26.8 Å². The maximum Gasteiger partial charge on any atom is 0.169 e. The van der Waals surface area contributed by atoms with Crippen LogP contribution in [0.3, 0.4) is 0 Å². The number of nitrogens with one attached hydrogen (secondary N) is 1. The fourth-order valence-electron chi connectivity index (χ4n) is 4.13. The third-order valence-corrected chi connectivity index (χ3v) is 6.42. The SMILES string of the molecule is Cc1nn(-c2ccccc2)c(C)c1CN1CCN(C(=S)NCCc2ccccc2)CC1. The highest BCUT2D eigenvalue weighted by Crippen LogP contribution is 2.20. The van der Waals surface area contributed by atoms with E-state index in [0.717, 1.165) is 62.2 Å². The van der Waals surface area contributed by atoms with Crippen LogP contribution >= 0.6 is 12.2 Å². The third kappa shape index (κ3) is 5.32. The Morgan fingerprint density at radius 3 is 2.26 bits per heavy atom. The van der Waals surface area contributed by atoms with Crippen LogP contribution in [0.2, 0.25) is 0 Å². The number of nitrogens with zero attached hydrogens (tertiary/aromatic N) is 4. The van der Waals surface area contributed by atoms with Crippen molar-refractivity contribution >= 4 is 17.3 Å². The zero-order valence-electron chi connectivity index (χ0n) is 18.4.